The molecule has 0 aliphatic carbocycles. The summed E-state index contributed by atoms with van der Waals surface area (Å²) in [5.74, 6) is 0.145. The number of carbonyl (C=O) groups excluding carboxylic acids is 1. The minimum Gasteiger partial charge on any atom is -0.496 e. The van der Waals surface area contributed by atoms with Crippen LogP contribution in [0.5, 0.6) is 5.75 Å². The first-order chi connectivity index (χ1) is 12.3. The molecule has 0 saturated carbocycles. The average Bonchev–Trinajstić information content (AvgIpc) is 3.01. The minimum absolute atomic E-state index is 0.223. The van der Waals surface area contributed by atoms with Crippen LogP contribution in [0.25, 0.3) is 10.2 Å². The van der Waals surface area contributed by atoms with Crippen molar-refractivity contribution in [2.45, 2.75) is 9.79 Å². The van der Waals surface area contributed by atoms with Crippen molar-refractivity contribution in [3.8, 4) is 5.75 Å². The lowest BCUT2D eigenvalue weighted by molar-refractivity contribution is 0.102. The van der Waals surface area contributed by atoms with Gasteiger partial charge in [-0.1, -0.05) is 11.3 Å². The number of nitrogens with zero attached hydrogens (tertiary/aromatic N) is 1. The Bertz CT molecular complexity index is 1090. The van der Waals surface area contributed by atoms with Crippen molar-refractivity contribution in [2.24, 2.45) is 0 Å². The van der Waals surface area contributed by atoms with Gasteiger partial charge in [0.25, 0.3) is 5.91 Å². The highest BCUT2D eigenvalue weighted by atomic mass is 32.2. The zero-order chi connectivity index (χ0) is 18.9. The molecule has 136 valence electrons. The quantitative estimate of drug-likeness (QED) is 0.648. The molecule has 2 aromatic carbocycles. The van der Waals surface area contributed by atoms with Crippen LogP contribution in [0.3, 0.4) is 0 Å². The van der Waals surface area contributed by atoms with Gasteiger partial charge in [0.05, 0.1) is 27.8 Å². The summed E-state index contributed by atoms with van der Waals surface area (Å²) in [6.07, 6.45) is 3.10. The standard InChI is InChI=1S/C17H16N2O4S3/c1-23-14-8-10(24-2)4-6-12(14)16(20)19-17-18-13-7-5-11(26(3,21)22)9-15(13)25-17/h4-9H,1-3H3,(H,18,19,20). The topological polar surface area (TPSA) is 85.4 Å². The summed E-state index contributed by atoms with van der Waals surface area (Å²) in [5, 5.41) is 3.15. The van der Waals surface area contributed by atoms with Gasteiger partial charge in [-0.05, 0) is 42.7 Å². The largest absolute Gasteiger partial charge is 0.496 e. The van der Waals surface area contributed by atoms with Gasteiger partial charge >= 0.3 is 0 Å². The van der Waals surface area contributed by atoms with Crippen LogP contribution in [0.4, 0.5) is 5.13 Å². The van der Waals surface area contributed by atoms with E-state index >= 15 is 0 Å². The summed E-state index contributed by atoms with van der Waals surface area (Å²) in [5.41, 5.74) is 1.03. The molecular weight excluding hydrogens is 392 g/mol. The van der Waals surface area contributed by atoms with Crippen molar-refractivity contribution in [1.29, 1.82) is 0 Å². The molecule has 3 rings (SSSR count). The van der Waals surface area contributed by atoms with Crippen molar-refractivity contribution in [1.82, 2.24) is 4.98 Å². The number of thioether (sulfide) groups is 1. The van der Waals surface area contributed by atoms with Crippen molar-refractivity contribution in [3.63, 3.8) is 0 Å². The third-order valence-corrected chi connectivity index (χ3v) is 6.43. The number of methoxy groups -OCH3 is 1. The number of hydrogen-bond acceptors (Lipinski definition) is 7. The zero-order valence-electron chi connectivity index (χ0n) is 14.3. The second-order valence-corrected chi connectivity index (χ2v) is 9.37. The Balaban J connectivity index is 1.90. The van der Waals surface area contributed by atoms with Crippen molar-refractivity contribution in [3.05, 3.63) is 42.0 Å². The summed E-state index contributed by atoms with van der Waals surface area (Å²) in [6.45, 7) is 0. The van der Waals surface area contributed by atoms with E-state index in [1.165, 1.54) is 24.5 Å². The van der Waals surface area contributed by atoms with Gasteiger partial charge in [-0.2, -0.15) is 0 Å². The molecule has 1 aromatic heterocycles. The number of rotatable bonds is 5. The number of anilines is 1. The summed E-state index contributed by atoms with van der Waals surface area (Å²) in [7, 11) is -1.78. The van der Waals surface area contributed by atoms with Gasteiger partial charge in [-0.15, -0.1) is 11.8 Å². The van der Waals surface area contributed by atoms with Crippen LogP contribution in [-0.2, 0) is 9.84 Å². The number of hydrogen-bond donors (Lipinski definition) is 1. The summed E-state index contributed by atoms with van der Waals surface area (Å²) in [6, 6.07) is 10.1. The number of fused-ring (bicyclic) bond motifs is 1. The number of benzene rings is 2. The number of carbonyl (C=O) groups is 1. The highest BCUT2D eigenvalue weighted by molar-refractivity contribution is 7.98. The molecule has 0 bridgehead atoms. The van der Waals surface area contributed by atoms with Crippen LogP contribution in [0.1, 0.15) is 10.4 Å². The van der Waals surface area contributed by atoms with E-state index in [9.17, 15) is 13.2 Å². The van der Waals surface area contributed by atoms with Crippen LogP contribution >= 0.6 is 23.1 Å². The monoisotopic (exact) mass is 408 g/mol. The molecule has 1 amide bonds. The summed E-state index contributed by atoms with van der Waals surface area (Å²) < 4.78 is 29.3. The lowest BCUT2D eigenvalue weighted by Gasteiger charge is -2.09. The van der Waals surface area contributed by atoms with Gasteiger partial charge in [0.2, 0.25) is 0 Å². The average molecular weight is 409 g/mol. The Morgan fingerprint density at radius 1 is 1.23 bits per heavy atom. The van der Waals surface area contributed by atoms with Crippen LogP contribution in [-0.4, -0.2) is 38.9 Å². The fourth-order valence-electron chi connectivity index (χ4n) is 2.34. The van der Waals surface area contributed by atoms with Gasteiger partial charge in [-0.25, -0.2) is 13.4 Å². The molecule has 0 unspecified atom stereocenters. The Hall–Kier alpha value is -2.10. The first-order valence-corrected chi connectivity index (χ1v) is 11.4. The number of aromatic nitrogens is 1. The molecule has 1 N–H and O–H groups in total. The molecule has 0 fully saturated rings. The van der Waals surface area contributed by atoms with E-state index in [4.69, 9.17) is 4.74 Å². The summed E-state index contributed by atoms with van der Waals surface area (Å²) >= 11 is 2.78. The van der Waals surface area contributed by atoms with Gasteiger partial charge in [-0.3, -0.25) is 10.1 Å². The second kappa shape index (κ2) is 7.26. The van der Waals surface area contributed by atoms with E-state index in [1.54, 1.807) is 36.0 Å². The van der Waals surface area contributed by atoms with E-state index < -0.39 is 9.84 Å². The molecular formula is C17H16N2O4S3. The molecule has 0 spiro atoms. The summed E-state index contributed by atoms with van der Waals surface area (Å²) in [4.78, 5) is 18.1. The fraction of sp³-hybridized carbons (Fsp3) is 0.176. The third-order valence-electron chi connectivity index (χ3n) is 3.66. The maximum atomic E-state index is 12.6. The first-order valence-electron chi connectivity index (χ1n) is 7.46. The Labute approximate surface area is 159 Å². The van der Waals surface area contributed by atoms with Crippen molar-refractivity contribution >= 4 is 54.2 Å². The van der Waals surface area contributed by atoms with Crippen LogP contribution < -0.4 is 10.1 Å². The first kappa shape index (κ1) is 18.7. The fourth-order valence-corrected chi connectivity index (χ4v) is 4.39. The Morgan fingerprint density at radius 2 is 2.00 bits per heavy atom. The van der Waals surface area contributed by atoms with E-state index in [-0.39, 0.29) is 10.8 Å². The Kier molecular flexibility index (Phi) is 5.22. The van der Waals surface area contributed by atoms with Crippen LogP contribution in [0, 0.1) is 0 Å². The molecule has 0 saturated heterocycles. The molecule has 0 aliphatic rings. The Morgan fingerprint density at radius 3 is 2.65 bits per heavy atom. The van der Waals surface area contributed by atoms with E-state index in [2.05, 4.69) is 10.3 Å². The molecule has 3 aromatic rings. The third kappa shape index (κ3) is 3.84. The number of sulfone groups is 1. The molecule has 0 atom stereocenters. The maximum absolute atomic E-state index is 12.6. The number of nitrogens with one attached hydrogen (secondary N) is 1. The van der Waals surface area contributed by atoms with E-state index in [0.29, 0.717) is 26.7 Å². The lowest BCUT2D eigenvalue weighted by atomic mass is 10.2. The second-order valence-electron chi connectivity index (χ2n) is 5.44. The van der Waals surface area contributed by atoms with Crippen LogP contribution in [0.2, 0.25) is 0 Å². The van der Waals surface area contributed by atoms with Gasteiger partial charge in [0.1, 0.15) is 5.75 Å². The molecule has 9 heteroatoms. The lowest BCUT2D eigenvalue weighted by Crippen LogP contribution is -2.13. The molecule has 0 aliphatic heterocycles. The minimum atomic E-state index is -3.29. The molecule has 0 radical (unpaired) electrons. The van der Waals surface area contributed by atoms with Gasteiger partial charge < -0.3 is 4.74 Å². The maximum Gasteiger partial charge on any atom is 0.261 e. The predicted molar refractivity (Wildman–Crippen MR) is 105 cm³/mol. The molecule has 26 heavy (non-hydrogen) atoms. The number of ether oxygens (including phenoxy) is 1. The predicted octanol–water partition coefficient (Wildman–Crippen LogP) is 3.68. The number of thiazole rings is 1. The number of amides is 1. The zero-order valence-corrected chi connectivity index (χ0v) is 16.7. The smallest absolute Gasteiger partial charge is 0.261 e. The highest BCUT2D eigenvalue weighted by Gasteiger charge is 2.16. The van der Waals surface area contributed by atoms with Crippen molar-refractivity contribution < 1.29 is 17.9 Å². The van der Waals surface area contributed by atoms with Gasteiger partial charge in [0.15, 0.2) is 15.0 Å². The normalized spacial score (nSPS) is 11.5. The van der Waals surface area contributed by atoms with E-state index in [1.807, 2.05) is 12.3 Å². The van der Waals surface area contributed by atoms with Crippen LogP contribution in [0.15, 0.2) is 46.2 Å². The van der Waals surface area contributed by atoms with E-state index in [0.717, 1.165) is 11.2 Å². The molecule has 6 nitrogen and oxygen atoms in total. The SMILES string of the molecule is COc1cc(SC)ccc1C(=O)Nc1nc2ccc(S(C)(=O)=O)cc2s1. The highest BCUT2D eigenvalue weighted by Crippen LogP contribution is 2.30. The van der Waals surface area contributed by atoms with Crippen molar-refractivity contribution in [2.75, 3.05) is 24.9 Å². The van der Waals surface area contributed by atoms with Gasteiger partial charge in [0, 0.05) is 11.2 Å². The molecule has 1 heterocycles.